The largest absolute Gasteiger partial charge is 0.491 e. The summed E-state index contributed by atoms with van der Waals surface area (Å²) in [6.07, 6.45) is 0.885. The number of nitrogens with zero attached hydrogens (tertiary/aromatic N) is 2. The summed E-state index contributed by atoms with van der Waals surface area (Å²) in [6, 6.07) is 27.9. The van der Waals surface area contributed by atoms with E-state index < -0.39 is 5.54 Å². The highest BCUT2D eigenvalue weighted by Gasteiger charge is 2.41. The van der Waals surface area contributed by atoms with Crippen molar-refractivity contribution in [3.63, 3.8) is 0 Å². The van der Waals surface area contributed by atoms with Crippen LogP contribution in [0.3, 0.4) is 0 Å². The summed E-state index contributed by atoms with van der Waals surface area (Å²) in [5.41, 5.74) is 11.8. The van der Waals surface area contributed by atoms with Crippen molar-refractivity contribution in [1.82, 2.24) is 14.8 Å². The van der Waals surface area contributed by atoms with Crippen molar-refractivity contribution >= 4 is 34.4 Å². The molecule has 1 aliphatic rings. The van der Waals surface area contributed by atoms with Crippen molar-refractivity contribution in [2.45, 2.75) is 29.4 Å². The van der Waals surface area contributed by atoms with Gasteiger partial charge in [-0.2, -0.15) is 0 Å². The molecule has 0 radical (unpaired) electrons. The normalized spacial score (nSPS) is 14.4. The number of piperidine rings is 1. The number of nitrogens with one attached hydrogen (secondary N) is 1. The first kappa shape index (κ1) is 30.8. The molecule has 3 aromatic carbocycles. The van der Waals surface area contributed by atoms with Crippen LogP contribution in [-0.2, 0) is 22.8 Å². The number of amides is 2. The molecule has 9 heteroatoms. The maximum Gasteiger partial charge on any atom is 0.270 e. The second-order valence-corrected chi connectivity index (χ2v) is 11.6. The lowest BCUT2D eigenvalue weighted by atomic mass is 9.86. The summed E-state index contributed by atoms with van der Waals surface area (Å²) in [6.45, 7) is 1.54. The van der Waals surface area contributed by atoms with Gasteiger partial charge in [0.05, 0.1) is 12.3 Å². The number of hydrogen-bond donors (Lipinski definition) is 3. The monoisotopic (exact) mass is 692 g/mol. The number of aliphatic hydroxyl groups is 1. The Morgan fingerprint density at radius 3 is 2.30 bits per heavy atom. The molecule has 0 saturated carbocycles. The minimum atomic E-state index is -0.865. The average Bonchev–Trinajstić information content (AvgIpc) is 3.39. The number of hydrogen-bond acceptors (Lipinski definition) is 5. The van der Waals surface area contributed by atoms with E-state index in [9.17, 15) is 9.59 Å². The van der Waals surface area contributed by atoms with Crippen LogP contribution in [0.5, 0.6) is 5.75 Å². The number of aromatic nitrogens is 1. The van der Waals surface area contributed by atoms with E-state index >= 15 is 0 Å². The predicted molar refractivity (Wildman–Crippen MR) is 177 cm³/mol. The predicted octanol–water partition coefficient (Wildman–Crippen LogP) is 4.92. The van der Waals surface area contributed by atoms with E-state index in [-0.39, 0.29) is 25.0 Å². The second-order valence-electron chi connectivity index (χ2n) is 10.8. The zero-order chi connectivity index (χ0) is 30.4. The van der Waals surface area contributed by atoms with E-state index in [1.54, 1.807) is 0 Å². The van der Waals surface area contributed by atoms with Crippen molar-refractivity contribution in [2.24, 2.45) is 12.8 Å². The second kappa shape index (κ2) is 13.7. The summed E-state index contributed by atoms with van der Waals surface area (Å²) in [7, 11) is 1.92. The van der Waals surface area contributed by atoms with Crippen LogP contribution < -0.4 is 15.8 Å². The molecule has 43 heavy (non-hydrogen) atoms. The first-order valence-electron chi connectivity index (χ1n) is 14.4. The topological polar surface area (TPSA) is 110 Å². The molecule has 2 amide bonds. The van der Waals surface area contributed by atoms with Crippen molar-refractivity contribution in [2.75, 3.05) is 26.3 Å². The van der Waals surface area contributed by atoms with E-state index in [1.165, 1.54) is 5.56 Å². The average molecular weight is 693 g/mol. The number of carbonyl (C=O) groups is 2. The summed E-state index contributed by atoms with van der Waals surface area (Å²) < 4.78 is 8.37. The number of carbonyl (C=O) groups excluding carboxylic acids is 2. The van der Waals surface area contributed by atoms with E-state index in [4.69, 9.17) is 15.6 Å². The summed E-state index contributed by atoms with van der Waals surface area (Å²) >= 11 is 2.37. The van der Waals surface area contributed by atoms with Gasteiger partial charge in [0.2, 0.25) is 5.91 Å². The van der Waals surface area contributed by atoms with Gasteiger partial charge in [0.1, 0.15) is 23.6 Å². The summed E-state index contributed by atoms with van der Waals surface area (Å²) in [5, 5.41) is 12.5. The van der Waals surface area contributed by atoms with Gasteiger partial charge in [0.25, 0.3) is 5.91 Å². The van der Waals surface area contributed by atoms with Gasteiger partial charge < -0.3 is 25.0 Å². The highest BCUT2D eigenvalue weighted by molar-refractivity contribution is 14.1. The number of nitrogens with two attached hydrogens (primary N) is 1. The standard InChI is InChI=1S/C34H37IN4O4/c1-38-30(32(41)39-17-15-34(16-18-39,33(36)42)37-23-24-7-3-2-4-8-24)21-29(28-10-6-5-9-26(28)22-35)31(38)25-11-13-27(14-12-25)43-20-19-40/h2-14,21,37,40H,15-20,22-23H2,1H3,(H2,36,42). The van der Waals surface area contributed by atoms with Crippen LogP contribution in [-0.4, -0.2) is 58.2 Å². The van der Waals surface area contributed by atoms with E-state index in [0.717, 1.165) is 32.4 Å². The number of halogens is 1. The molecular formula is C34H37IN4O4. The quantitative estimate of drug-likeness (QED) is 0.153. The lowest BCUT2D eigenvalue weighted by Crippen LogP contribution is -2.61. The van der Waals surface area contributed by atoms with Crippen molar-refractivity contribution in [3.8, 4) is 28.1 Å². The minimum absolute atomic E-state index is 0.0532. The number of alkyl halides is 1. The number of benzene rings is 3. The fourth-order valence-electron chi connectivity index (χ4n) is 5.77. The Labute approximate surface area is 266 Å². The molecule has 1 aromatic heterocycles. The molecule has 0 bridgehead atoms. The van der Waals surface area contributed by atoms with Crippen LogP contribution in [0.2, 0.25) is 0 Å². The molecule has 224 valence electrons. The number of primary amides is 1. The Morgan fingerprint density at radius 2 is 1.65 bits per heavy atom. The molecule has 0 spiro atoms. The first-order chi connectivity index (χ1) is 20.9. The van der Waals surface area contributed by atoms with Crippen LogP contribution in [0.25, 0.3) is 22.4 Å². The number of ether oxygens (including phenoxy) is 1. The lowest BCUT2D eigenvalue weighted by Gasteiger charge is -2.40. The smallest absolute Gasteiger partial charge is 0.270 e. The minimum Gasteiger partial charge on any atom is -0.491 e. The number of aliphatic hydroxyl groups excluding tert-OH is 1. The molecule has 0 aliphatic carbocycles. The first-order valence-corrected chi connectivity index (χ1v) is 16.0. The molecule has 8 nitrogen and oxygen atoms in total. The molecule has 2 heterocycles. The van der Waals surface area contributed by atoms with Crippen LogP contribution in [0.1, 0.15) is 34.5 Å². The van der Waals surface area contributed by atoms with Gasteiger partial charge in [0.15, 0.2) is 0 Å². The van der Waals surface area contributed by atoms with E-state index in [2.05, 4.69) is 40.0 Å². The van der Waals surface area contributed by atoms with Crippen molar-refractivity contribution in [3.05, 3.63) is 102 Å². The van der Waals surface area contributed by atoms with Gasteiger partial charge in [-0.15, -0.1) is 0 Å². The molecule has 0 atom stereocenters. The molecule has 1 saturated heterocycles. The lowest BCUT2D eigenvalue weighted by molar-refractivity contribution is -0.126. The Hall–Kier alpha value is -3.67. The van der Waals surface area contributed by atoms with Crippen molar-refractivity contribution < 1.29 is 19.4 Å². The SMILES string of the molecule is Cn1c(C(=O)N2CCC(NCc3ccccc3)(C(N)=O)CC2)cc(-c2ccccc2CI)c1-c1ccc(OCCO)cc1. The zero-order valence-electron chi connectivity index (χ0n) is 24.3. The Bertz CT molecular complexity index is 1560. The van der Waals surface area contributed by atoms with Gasteiger partial charge >= 0.3 is 0 Å². The molecule has 4 N–H and O–H groups in total. The fourth-order valence-corrected chi connectivity index (χ4v) is 6.43. The number of likely N-dealkylation sites (tertiary alicyclic amines) is 1. The third-order valence-corrected chi connectivity index (χ3v) is 9.06. The molecular weight excluding hydrogens is 655 g/mol. The van der Waals surface area contributed by atoms with E-state index in [0.29, 0.717) is 43.9 Å². The van der Waals surface area contributed by atoms with Crippen LogP contribution in [0, 0.1) is 0 Å². The Balaban J connectivity index is 1.43. The van der Waals surface area contributed by atoms with Gasteiger partial charge in [0, 0.05) is 36.7 Å². The van der Waals surface area contributed by atoms with Crippen LogP contribution >= 0.6 is 22.6 Å². The fraction of sp³-hybridized carbons (Fsp3) is 0.294. The summed E-state index contributed by atoms with van der Waals surface area (Å²) in [5.74, 6) is 0.205. The maximum absolute atomic E-state index is 14.1. The van der Waals surface area contributed by atoms with Gasteiger partial charge in [-0.05, 0) is 65.4 Å². The van der Waals surface area contributed by atoms with Gasteiger partial charge in [-0.1, -0.05) is 77.2 Å². The van der Waals surface area contributed by atoms with E-state index in [1.807, 2.05) is 89.3 Å². The zero-order valence-corrected chi connectivity index (χ0v) is 26.4. The third-order valence-electron chi connectivity index (χ3n) is 8.24. The Kier molecular flexibility index (Phi) is 9.84. The molecule has 5 rings (SSSR count). The highest BCUT2D eigenvalue weighted by atomic mass is 127. The third kappa shape index (κ3) is 6.63. The summed E-state index contributed by atoms with van der Waals surface area (Å²) in [4.78, 5) is 28.5. The van der Waals surface area contributed by atoms with Crippen LogP contribution in [0.15, 0.2) is 84.9 Å². The molecule has 1 fully saturated rings. The van der Waals surface area contributed by atoms with Gasteiger partial charge in [-0.3, -0.25) is 14.9 Å². The van der Waals surface area contributed by atoms with Crippen molar-refractivity contribution in [1.29, 1.82) is 0 Å². The van der Waals surface area contributed by atoms with Crippen LogP contribution in [0.4, 0.5) is 0 Å². The molecule has 4 aromatic rings. The maximum atomic E-state index is 14.1. The highest BCUT2D eigenvalue weighted by Crippen LogP contribution is 2.38. The molecule has 1 aliphatic heterocycles. The number of rotatable bonds is 11. The molecule has 0 unspecified atom stereocenters. The van der Waals surface area contributed by atoms with Gasteiger partial charge in [-0.25, -0.2) is 0 Å². The Morgan fingerprint density at radius 1 is 0.977 bits per heavy atom.